The second kappa shape index (κ2) is 5.57. The molecule has 0 aliphatic rings. The molecule has 0 amide bonds. The first kappa shape index (κ1) is 13.8. The first-order chi connectivity index (χ1) is 9.04. The summed E-state index contributed by atoms with van der Waals surface area (Å²) in [5, 5.41) is 0. The molecular formula is C16H15BrO2. The fourth-order valence-electron chi connectivity index (χ4n) is 2.03. The topological polar surface area (TPSA) is 26.3 Å². The highest BCUT2D eigenvalue weighted by atomic mass is 79.9. The summed E-state index contributed by atoms with van der Waals surface area (Å²) in [5.74, 6) is -0.312. The molecule has 0 aliphatic heterocycles. The van der Waals surface area contributed by atoms with Gasteiger partial charge in [0, 0.05) is 4.47 Å². The Kier molecular flexibility index (Phi) is 4.05. The van der Waals surface area contributed by atoms with E-state index in [9.17, 15) is 4.79 Å². The molecule has 2 rings (SSSR count). The highest BCUT2D eigenvalue weighted by Gasteiger charge is 2.10. The average Bonchev–Trinajstić information content (AvgIpc) is 2.44. The van der Waals surface area contributed by atoms with Gasteiger partial charge in [0.05, 0.1) is 12.7 Å². The van der Waals surface area contributed by atoms with Gasteiger partial charge in [-0.1, -0.05) is 34.1 Å². The van der Waals surface area contributed by atoms with Crippen LogP contribution in [0.5, 0.6) is 0 Å². The number of carbonyl (C=O) groups is 1. The molecule has 0 fully saturated rings. The lowest BCUT2D eigenvalue weighted by Gasteiger charge is -2.11. The number of methoxy groups -OCH3 is 1. The minimum Gasteiger partial charge on any atom is -0.465 e. The van der Waals surface area contributed by atoms with Crippen LogP contribution in [-0.4, -0.2) is 13.1 Å². The summed E-state index contributed by atoms with van der Waals surface area (Å²) in [6.45, 7) is 4.16. The third-order valence-electron chi connectivity index (χ3n) is 3.32. The molecule has 0 heterocycles. The van der Waals surface area contributed by atoms with Crippen molar-refractivity contribution in [1.29, 1.82) is 0 Å². The summed E-state index contributed by atoms with van der Waals surface area (Å²) in [7, 11) is 1.39. The molecule has 3 heteroatoms. The number of hydrogen-bond donors (Lipinski definition) is 0. The second-order valence-electron chi connectivity index (χ2n) is 4.42. The van der Waals surface area contributed by atoms with Crippen molar-refractivity contribution in [2.24, 2.45) is 0 Å². The van der Waals surface area contributed by atoms with Crippen LogP contribution in [0, 0.1) is 13.8 Å². The summed E-state index contributed by atoms with van der Waals surface area (Å²) in [6, 6.07) is 11.6. The van der Waals surface area contributed by atoms with Crippen LogP contribution in [0.4, 0.5) is 0 Å². The molecule has 0 atom stereocenters. The minimum atomic E-state index is -0.312. The Morgan fingerprint density at radius 1 is 1.11 bits per heavy atom. The highest BCUT2D eigenvalue weighted by Crippen LogP contribution is 2.30. The molecule has 0 bridgehead atoms. The van der Waals surface area contributed by atoms with Crippen molar-refractivity contribution in [1.82, 2.24) is 0 Å². The Bertz CT molecular complexity index is 633. The average molecular weight is 319 g/mol. The van der Waals surface area contributed by atoms with Crippen molar-refractivity contribution in [3.63, 3.8) is 0 Å². The number of benzene rings is 2. The van der Waals surface area contributed by atoms with Gasteiger partial charge in [0.1, 0.15) is 0 Å². The van der Waals surface area contributed by atoms with E-state index in [-0.39, 0.29) is 5.97 Å². The second-order valence-corrected chi connectivity index (χ2v) is 5.27. The predicted molar refractivity (Wildman–Crippen MR) is 80.4 cm³/mol. The van der Waals surface area contributed by atoms with Crippen molar-refractivity contribution < 1.29 is 9.53 Å². The number of esters is 1. The lowest BCUT2D eigenvalue weighted by molar-refractivity contribution is 0.0601. The maximum Gasteiger partial charge on any atom is 0.337 e. The number of carbonyl (C=O) groups excluding carboxylic acids is 1. The molecule has 0 saturated carbocycles. The third kappa shape index (κ3) is 2.71. The van der Waals surface area contributed by atoms with Gasteiger partial charge in [0.15, 0.2) is 0 Å². The molecule has 98 valence electrons. The molecule has 0 unspecified atom stereocenters. The van der Waals surface area contributed by atoms with E-state index in [1.165, 1.54) is 18.2 Å². The first-order valence-corrected chi connectivity index (χ1v) is 6.78. The molecule has 2 aromatic carbocycles. The van der Waals surface area contributed by atoms with Gasteiger partial charge >= 0.3 is 5.97 Å². The normalized spacial score (nSPS) is 10.3. The summed E-state index contributed by atoms with van der Waals surface area (Å²) in [6.07, 6.45) is 0. The molecule has 0 aliphatic carbocycles. The largest absolute Gasteiger partial charge is 0.465 e. The maximum atomic E-state index is 11.6. The SMILES string of the molecule is COC(=O)c1cccc(-c2ccc(Br)c(C)c2C)c1. The number of halogens is 1. The monoisotopic (exact) mass is 318 g/mol. The van der Waals surface area contributed by atoms with E-state index in [2.05, 4.69) is 35.8 Å². The van der Waals surface area contributed by atoms with Crippen LogP contribution in [0.2, 0.25) is 0 Å². The van der Waals surface area contributed by atoms with E-state index in [1.807, 2.05) is 24.3 Å². The van der Waals surface area contributed by atoms with Crippen LogP contribution in [0.25, 0.3) is 11.1 Å². The van der Waals surface area contributed by atoms with Crippen molar-refractivity contribution in [3.05, 3.63) is 57.6 Å². The van der Waals surface area contributed by atoms with Crippen molar-refractivity contribution in [3.8, 4) is 11.1 Å². The molecule has 2 aromatic rings. The molecule has 0 spiro atoms. The van der Waals surface area contributed by atoms with E-state index in [0.717, 1.165) is 15.6 Å². The summed E-state index contributed by atoms with van der Waals surface area (Å²) < 4.78 is 5.85. The van der Waals surface area contributed by atoms with E-state index < -0.39 is 0 Å². The van der Waals surface area contributed by atoms with Gasteiger partial charge in [0.2, 0.25) is 0 Å². The molecule has 0 saturated heterocycles. The smallest absolute Gasteiger partial charge is 0.337 e. The Morgan fingerprint density at radius 2 is 1.84 bits per heavy atom. The van der Waals surface area contributed by atoms with Gasteiger partial charge in [-0.3, -0.25) is 0 Å². The van der Waals surface area contributed by atoms with Gasteiger partial charge in [-0.25, -0.2) is 4.79 Å². The van der Waals surface area contributed by atoms with Gasteiger partial charge in [-0.2, -0.15) is 0 Å². The molecule has 0 N–H and O–H groups in total. The van der Waals surface area contributed by atoms with Crippen LogP contribution in [-0.2, 0) is 4.74 Å². The zero-order chi connectivity index (χ0) is 14.0. The number of hydrogen-bond acceptors (Lipinski definition) is 2. The standard InChI is InChI=1S/C16H15BrO2/c1-10-11(2)15(17)8-7-14(10)12-5-4-6-13(9-12)16(18)19-3/h4-9H,1-3H3. The molecule has 0 radical (unpaired) electrons. The van der Waals surface area contributed by atoms with E-state index in [1.54, 1.807) is 6.07 Å². The van der Waals surface area contributed by atoms with Crippen LogP contribution in [0.15, 0.2) is 40.9 Å². The van der Waals surface area contributed by atoms with Crippen LogP contribution >= 0.6 is 15.9 Å². The molecular weight excluding hydrogens is 304 g/mol. The van der Waals surface area contributed by atoms with E-state index in [4.69, 9.17) is 4.74 Å². The van der Waals surface area contributed by atoms with Crippen LogP contribution in [0.1, 0.15) is 21.5 Å². The quantitative estimate of drug-likeness (QED) is 0.761. The van der Waals surface area contributed by atoms with Crippen LogP contribution < -0.4 is 0 Å². The van der Waals surface area contributed by atoms with Gasteiger partial charge in [0.25, 0.3) is 0 Å². The fourth-order valence-corrected chi connectivity index (χ4v) is 2.46. The van der Waals surface area contributed by atoms with Crippen molar-refractivity contribution in [2.45, 2.75) is 13.8 Å². The summed E-state index contributed by atoms with van der Waals surface area (Å²) >= 11 is 3.53. The zero-order valence-electron chi connectivity index (χ0n) is 11.2. The van der Waals surface area contributed by atoms with Crippen molar-refractivity contribution >= 4 is 21.9 Å². The third-order valence-corrected chi connectivity index (χ3v) is 4.17. The Morgan fingerprint density at radius 3 is 2.53 bits per heavy atom. The summed E-state index contributed by atoms with van der Waals surface area (Å²) in [4.78, 5) is 11.6. The Balaban J connectivity index is 2.54. The first-order valence-electron chi connectivity index (χ1n) is 5.99. The van der Waals surface area contributed by atoms with Crippen LogP contribution in [0.3, 0.4) is 0 Å². The molecule has 19 heavy (non-hydrogen) atoms. The molecule has 2 nitrogen and oxygen atoms in total. The lowest BCUT2D eigenvalue weighted by atomic mass is 9.96. The Hall–Kier alpha value is -1.61. The minimum absolute atomic E-state index is 0.312. The summed E-state index contributed by atoms with van der Waals surface area (Å²) in [5.41, 5.74) is 5.14. The number of rotatable bonds is 2. The van der Waals surface area contributed by atoms with Gasteiger partial charge in [-0.05, 0) is 54.3 Å². The van der Waals surface area contributed by atoms with Gasteiger partial charge < -0.3 is 4.74 Å². The Labute approximate surface area is 121 Å². The van der Waals surface area contributed by atoms with Crippen molar-refractivity contribution in [2.75, 3.05) is 7.11 Å². The zero-order valence-corrected chi connectivity index (χ0v) is 12.7. The van der Waals surface area contributed by atoms with E-state index in [0.29, 0.717) is 5.56 Å². The van der Waals surface area contributed by atoms with Gasteiger partial charge in [-0.15, -0.1) is 0 Å². The maximum absolute atomic E-state index is 11.6. The lowest BCUT2D eigenvalue weighted by Crippen LogP contribution is -2.01. The fraction of sp³-hybridized carbons (Fsp3) is 0.188. The number of ether oxygens (including phenoxy) is 1. The van der Waals surface area contributed by atoms with E-state index >= 15 is 0 Å². The highest BCUT2D eigenvalue weighted by molar-refractivity contribution is 9.10. The molecule has 0 aromatic heterocycles. The predicted octanol–water partition coefficient (Wildman–Crippen LogP) is 4.52.